The van der Waals surface area contributed by atoms with Gasteiger partial charge in [0.15, 0.2) is 8.07 Å². The molecule has 0 aliphatic heterocycles. The zero-order chi connectivity index (χ0) is 34.9. The number of fused-ring (bicyclic) bond motifs is 2. The van der Waals surface area contributed by atoms with Crippen LogP contribution in [0.15, 0.2) is 206 Å². The molecule has 0 bridgehead atoms. The normalized spacial score (nSPS) is 12.2. The minimum Gasteiger partial charge on any atom is -0.0623 e. The van der Waals surface area contributed by atoms with Crippen LogP contribution in [0.1, 0.15) is 0 Å². The van der Waals surface area contributed by atoms with E-state index in [-0.39, 0.29) is 0 Å². The van der Waals surface area contributed by atoms with Crippen LogP contribution in [0.4, 0.5) is 0 Å². The number of benzene rings is 10. The molecule has 0 heterocycles. The van der Waals surface area contributed by atoms with Gasteiger partial charge in [0.05, 0.1) is 0 Å². The van der Waals surface area contributed by atoms with Crippen LogP contribution in [0.2, 0.25) is 0 Å². The Hall–Kier alpha value is -6.54. The van der Waals surface area contributed by atoms with E-state index in [9.17, 15) is 0 Å². The van der Waals surface area contributed by atoms with Crippen molar-refractivity contribution in [3.05, 3.63) is 206 Å². The van der Waals surface area contributed by atoms with Crippen LogP contribution >= 0.6 is 0 Å². The molecule has 0 unspecified atom stereocenters. The largest absolute Gasteiger partial charge is 0.179 e. The summed E-state index contributed by atoms with van der Waals surface area (Å²) in [6.07, 6.45) is 0. The predicted octanol–water partition coefficient (Wildman–Crippen LogP) is 11.1. The number of rotatable bonds is 5. The van der Waals surface area contributed by atoms with Crippen molar-refractivity contribution in [2.75, 3.05) is 0 Å². The standard InChI is InChI=1S/C52H34Si/c1-4-16-41(17-5-1)53(42-18-6-2-7-19-42,43-20-8-3-9-21-43)44-31-29-35(30-32-44)40-33-39-28-27-38-14-11-23-46-45-22-10-13-36-25-26-37-15-12-24-47(51(37)49(36)45)48(34-40)52(39)50(38)46/h1-34H. The highest BCUT2D eigenvalue weighted by Crippen LogP contribution is 2.44. The van der Waals surface area contributed by atoms with Crippen molar-refractivity contribution >= 4 is 93.5 Å². The van der Waals surface area contributed by atoms with Crippen LogP contribution in [0.3, 0.4) is 0 Å². The van der Waals surface area contributed by atoms with Gasteiger partial charge in [-0.2, -0.15) is 0 Å². The summed E-state index contributed by atoms with van der Waals surface area (Å²) in [6, 6.07) is 77.6. The monoisotopic (exact) mass is 686 g/mol. The van der Waals surface area contributed by atoms with Crippen LogP contribution < -0.4 is 20.7 Å². The highest BCUT2D eigenvalue weighted by molar-refractivity contribution is 7.19. The van der Waals surface area contributed by atoms with Gasteiger partial charge in [-0.25, -0.2) is 0 Å². The first kappa shape index (κ1) is 30.1. The van der Waals surface area contributed by atoms with E-state index in [1.54, 1.807) is 0 Å². The van der Waals surface area contributed by atoms with Crippen molar-refractivity contribution in [3.8, 4) is 11.1 Å². The summed E-state index contributed by atoms with van der Waals surface area (Å²) in [5.41, 5.74) is 2.46. The van der Waals surface area contributed by atoms with Crippen LogP contribution in [0, 0.1) is 0 Å². The Morgan fingerprint density at radius 1 is 0.226 bits per heavy atom. The molecular formula is C52H34Si. The molecule has 0 saturated carbocycles. The Morgan fingerprint density at radius 3 is 1.06 bits per heavy atom. The molecular weight excluding hydrogens is 653 g/mol. The summed E-state index contributed by atoms with van der Waals surface area (Å²) in [7, 11) is -2.61. The fraction of sp³-hybridized carbons (Fsp3) is 0. The Morgan fingerprint density at radius 2 is 0.604 bits per heavy atom. The van der Waals surface area contributed by atoms with Crippen LogP contribution in [0.5, 0.6) is 0 Å². The molecule has 1 heteroatoms. The predicted molar refractivity (Wildman–Crippen MR) is 232 cm³/mol. The molecule has 53 heavy (non-hydrogen) atoms. The lowest BCUT2D eigenvalue weighted by atomic mass is 9.86. The second kappa shape index (κ2) is 11.7. The van der Waals surface area contributed by atoms with Crippen molar-refractivity contribution in [2.24, 2.45) is 0 Å². The van der Waals surface area contributed by atoms with Gasteiger partial charge in [-0.3, -0.25) is 0 Å². The molecule has 11 aromatic carbocycles. The fourth-order valence-electron chi connectivity index (χ4n) is 9.43. The minimum absolute atomic E-state index is 1.23. The molecule has 0 spiro atoms. The van der Waals surface area contributed by atoms with Gasteiger partial charge < -0.3 is 0 Å². The molecule has 0 nitrogen and oxygen atoms in total. The molecule has 0 fully saturated rings. The number of hydrogen-bond acceptors (Lipinski definition) is 0. The summed E-state index contributed by atoms with van der Waals surface area (Å²) >= 11 is 0. The maximum atomic E-state index is 2.46. The zero-order valence-corrected chi connectivity index (χ0v) is 30.1. The quantitative estimate of drug-likeness (QED) is 0.0960. The molecule has 246 valence electrons. The molecule has 0 aliphatic carbocycles. The molecule has 0 radical (unpaired) electrons. The highest BCUT2D eigenvalue weighted by Gasteiger charge is 2.41. The van der Waals surface area contributed by atoms with E-state index < -0.39 is 8.07 Å². The van der Waals surface area contributed by atoms with Crippen LogP contribution in [0.25, 0.3) is 75.8 Å². The third-order valence-corrected chi connectivity index (χ3v) is 16.5. The lowest BCUT2D eigenvalue weighted by molar-refractivity contribution is 1.65. The summed E-state index contributed by atoms with van der Waals surface area (Å²) in [6.45, 7) is 0. The van der Waals surface area contributed by atoms with Gasteiger partial charge in [-0.1, -0.05) is 194 Å². The Balaban J connectivity index is 1.21. The molecule has 0 aliphatic rings. The molecule has 0 N–H and O–H groups in total. The number of hydrogen-bond donors (Lipinski definition) is 0. The maximum absolute atomic E-state index is 2.61. The lowest BCUT2D eigenvalue weighted by Crippen LogP contribution is -2.74. The highest BCUT2D eigenvalue weighted by atomic mass is 28.3. The average molecular weight is 687 g/mol. The van der Waals surface area contributed by atoms with Gasteiger partial charge in [0.25, 0.3) is 0 Å². The average Bonchev–Trinajstić information content (AvgIpc) is 3.23. The zero-order valence-electron chi connectivity index (χ0n) is 29.1. The van der Waals surface area contributed by atoms with Crippen LogP contribution in [-0.4, -0.2) is 8.07 Å². The molecule has 11 aromatic rings. The first-order chi connectivity index (χ1) is 26.3. The first-order valence-electron chi connectivity index (χ1n) is 18.5. The topological polar surface area (TPSA) is 0 Å². The summed E-state index contributed by atoms with van der Waals surface area (Å²) in [5.74, 6) is 0. The minimum atomic E-state index is -2.61. The second-order valence-corrected chi connectivity index (χ2v) is 18.2. The van der Waals surface area contributed by atoms with E-state index in [0.29, 0.717) is 0 Å². The molecule has 0 atom stereocenters. The smallest absolute Gasteiger partial charge is 0.0623 e. The Labute approximate surface area is 309 Å². The van der Waals surface area contributed by atoms with Crippen molar-refractivity contribution in [1.82, 2.24) is 0 Å². The summed E-state index contributed by atoms with van der Waals surface area (Å²) < 4.78 is 0. The Bertz CT molecular complexity index is 3030. The molecule has 0 aromatic heterocycles. The lowest BCUT2D eigenvalue weighted by Gasteiger charge is -2.34. The van der Waals surface area contributed by atoms with E-state index in [2.05, 4.69) is 206 Å². The summed E-state index contributed by atoms with van der Waals surface area (Å²) in [4.78, 5) is 0. The SMILES string of the molecule is c1ccc([Si](c2ccccc2)(c2ccccc2)c2ccc(-c3cc4ccc5cccc6c7cccc8ccc9cccc(c(c3)c4c56)c9c87)cc2)cc1. The van der Waals surface area contributed by atoms with E-state index in [4.69, 9.17) is 0 Å². The van der Waals surface area contributed by atoms with Gasteiger partial charge in [-0.15, -0.1) is 0 Å². The van der Waals surface area contributed by atoms with Gasteiger partial charge >= 0.3 is 0 Å². The van der Waals surface area contributed by atoms with Gasteiger partial charge in [0, 0.05) is 0 Å². The van der Waals surface area contributed by atoms with Crippen LogP contribution in [-0.2, 0) is 0 Å². The van der Waals surface area contributed by atoms with Crippen molar-refractivity contribution in [1.29, 1.82) is 0 Å². The third kappa shape index (κ3) is 4.41. The van der Waals surface area contributed by atoms with Gasteiger partial charge in [0.1, 0.15) is 0 Å². The third-order valence-electron chi connectivity index (χ3n) is 11.7. The van der Waals surface area contributed by atoms with Gasteiger partial charge in [-0.05, 0) is 109 Å². The Kier molecular flexibility index (Phi) is 6.67. The molecule has 11 rings (SSSR count). The maximum Gasteiger partial charge on any atom is 0.179 e. The van der Waals surface area contributed by atoms with Crippen molar-refractivity contribution in [3.63, 3.8) is 0 Å². The summed E-state index contributed by atoms with van der Waals surface area (Å²) in [5, 5.41) is 21.2. The van der Waals surface area contributed by atoms with E-state index in [1.165, 1.54) is 96.5 Å². The second-order valence-electron chi connectivity index (χ2n) is 14.4. The van der Waals surface area contributed by atoms with E-state index in [1.807, 2.05) is 0 Å². The molecule has 0 amide bonds. The van der Waals surface area contributed by atoms with Crippen molar-refractivity contribution in [2.45, 2.75) is 0 Å². The van der Waals surface area contributed by atoms with Gasteiger partial charge in [0.2, 0.25) is 0 Å². The van der Waals surface area contributed by atoms with E-state index in [0.717, 1.165) is 0 Å². The van der Waals surface area contributed by atoms with Crippen molar-refractivity contribution < 1.29 is 0 Å². The molecule has 0 saturated heterocycles. The first-order valence-corrected chi connectivity index (χ1v) is 20.5. The fourth-order valence-corrected chi connectivity index (χ4v) is 14.2. The van der Waals surface area contributed by atoms with E-state index >= 15 is 0 Å².